The van der Waals surface area contributed by atoms with E-state index in [1.54, 1.807) is 0 Å². The van der Waals surface area contributed by atoms with Crippen molar-refractivity contribution in [2.45, 2.75) is 6.92 Å². The van der Waals surface area contributed by atoms with Gasteiger partial charge in [0.1, 0.15) is 0 Å². The monoisotopic (exact) mass is 556 g/mol. The van der Waals surface area contributed by atoms with Gasteiger partial charge in [-0.05, 0) is 80.3 Å². The molecule has 0 aliphatic heterocycles. The summed E-state index contributed by atoms with van der Waals surface area (Å²) < 4.78 is 2.06. The number of nitrogens with two attached hydrogens (primary N) is 2. The normalized spacial score (nSPS) is 10.2. The highest BCUT2D eigenvalue weighted by molar-refractivity contribution is 14.1. The molecule has 0 saturated heterocycles. The van der Waals surface area contributed by atoms with Crippen molar-refractivity contribution in [1.82, 2.24) is 0 Å². The van der Waals surface area contributed by atoms with Crippen molar-refractivity contribution in [3.8, 4) is 0 Å². The molecule has 0 radical (unpaired) electrons. The summed E-state index contributed by atoms with van der Waals surface area (Å²) in [7, 11) is 0. The molecule has 7 heteroatoms. The summed E-state index contributed by atoms with van der Waals surface area (Å²) >= 11 is 6.03. The van der Waals surface area contributed by atoms with Crippen LogP contribution in [0.2, 0.25) is 0 Å². The average molecular weight is 556 g/mol. The Hall–Kier alpha value is 0.350. The minimum Gasteiger partial charge on any atom is -0.366 e. The summed E-state index contributed by atoms with van der Waals surface area (Å²) in [4.78, 5) is 22.7. The van der Waals surface area contributed by atoms with E-state index in [0.29, 0.717) is 14.7 Å². The highest BCUT2D eigenvalue weighted by atomic mass is 127. The molecule has 0 aliphatic rings. The minimum absolute atomic E-state index is 0.368. The van der Waals surface area contributed by atoms with Crippen LogP contribution in [0.3, 0.4) is 0 Å². The van der Waals surface area contributed by atoms with Crippen LogP contribution >= 0.6 is 67.8 Å². The first-order valence-electron chi connectivity index (χ1n) is 4.05. The SMILES string of the molecule is Cc1c(I)c(C(N)=O)c(I)c(C(N)=O)c1I. The van der Waals surface area contributed by atoms with E-state index in [1.807, 2.05) is 74.7 Å². The average Bonchev–Trinajstić information content (AvgIpc) is 2.13. The third kappa shape index (κ3) is 2.44. The lowest BCUT2D eigenvalue weighted by molar-refractivity contribution is 0.0998. The zero-order valence-electron chi connectivity index (χ0n) is 8.11. The van der Waals surface area contributed by atoms with Gasteiger partial charge in [0.2, 0.25) is 0 Å². The summed E-state index contributed by atoms with van der Waals surface area (Å²) in [5.41, 5.74) is 12.2. The Morgan fingerprint density at radius 3 is 1.44 bits per heavy atom. The standard InChI is InChI=1S/C9H7I3N2O2/c1-2-5(10)3(8(13)15)7(12)4(6(2)11)9(14)16/h1H3,(H2,13,15)(H2,14,16). The molecule has 0 atom stereocenters. The van der Waals surface area contributed by atoms with Gasteiger partial charge in [0.15, 0.2) is 0 Å². The van der Waals surface area contributed by atoms with E-state index in [2.05, 4.69) is 0 Å². The Morgan fingerprint density at radius 2 is 1.19 bits per heavy atom. The number of hydrogen-bond acceptors (Lipinski definition) is 2. The molecule has 0 heterocycles. The number of carbonyl (C=O) groups is 2. The first kappa shape index (κ1) is 14.4. The first-order valence-corrected chi connectivity index (χ1v) is 7.29. The minimum atomic E-state index is -0.546. The molecule has 1 aromatic rings. The fourth-order valence-electron chi connectivity index (χ4n) is 1.22. The van der Waals surface area contributed by atoms with E-state index in [-0.39, 0.29) is 0 Å². The smallest absolute Gasteiger partial charge is 0.250 e. The first-order chi connectivity index (χ1) is 7.29. The van der Waals surface area contributed by atoms with Crippen LogP contribution in [0.4, 0.5) is 0 Å². The lowest BCUT2D eigenvalue weighted by Gasteiger charge is -2.13. The summed E-state index contributed by atoms with van der Waals surface area (Å²) in [5.74, 6) is -1.09. The van der Waals surface area contributed by atoms with Crippen molar-refractivity contribution in [2.24, 2.45) is 11.5 Å². The molecule has 4 nitrogen and oxygen atoms in total. The molecular formula is C9H7I3N2O2. The second-order valence-electron chi connectivity index (χ2n) is 3.05. The van der Waals surface area contributed by atoms with Gasteiger partial charge >= 0.3 is 0 Å². The molecule has 16 heavy (non-hydrogen) atoms. The van der Waals surface area contributed by atoms with Gasteiger partial charge in [-0.25, -0.2) is 0 Å². The zero-order chi connectivity index (χ0) is 12.6. The van der Waals surface area contributed by atoms with Gasteiger partial charge in [-0.1, -0.05) is 0 Å². The van der Waals surface area contributed by atoms with Crippen molar-refractivity contribution in [3.63, 3.8) is 0 Å². The Kier molecular flexibility index (Phi) is 4.80. The lowest BCUT2D eigenvalue weighted by Crippen LogP contribution is -2.22. The topological polar surface area (TPSA) is 86.2 Å². The summed E-state index contributed by atoms with van der Waals surface area (Å²) in [6.45, 7) is 1.83. The second-order valence-corrected chi connectivity index (χ2v) is 6.28. The molecule has 1 aromatic carbocycles. The summed E-state index contributed by atoms with van der Waals surface area (Å²) in [6, 6.07) is 0. The Morgan fingerprint density at radius 1 is 0.875 bits per heavy atom. The molecule has 86 valence electrons. The summed E-state index contributed by atoms with van der Waals surface area (Å²) in [6.07, 6.45) is 0. The zero-order valence-corrected chi connectivity index (χ0v) is 14.6. The van der Waals surface area contributed by atoms with E-state index >= 15 is 0 Å². The van der Waals surface area contributed by atoms with Crippen LogP contribution in [0, 0.1) is 17.6 Å². The van der Waals surface area contributed by atoms with Crippen LogP contribution in [0.25, 0.3) is 0 Å². The van der Waals surface area contributed by atoms with Gasteiger partial charge in [0.05, 0.1) is 11.1 Å². The van der Waals surface area contributed by atoms with Crippen LogP contribution in [0.5, 0.6) is 0 Å². The fraction of sp³-hybridized carbons (Fsp3) is 0.111. The number of halogens is 3. The van der Waals surface area contributed by atoms with E-state index < -0.39 is 11.8 Å². The van der Waals surface area contributed by atoms with Crippen molar-refractivity contribution >= 4 is 79.6 Å². The van der Waals surface area contributed by atoms with Gasteiger partial charge in [0, 0.05) is 10.7 Å². The largest absolute Gasteiger partial charge is 0.366 e. The highest BCUT2D eigenvalue weighted by Gasteiger charge is 2.23. The van der Waals surface area contributed by atoms with Gasteiger partial charge < -0.3 is 11.5 Å². The quantitative estimate of drug-likeness (QED) is 0.547. The summed E-state index contributed by atoms with van der Waals surface area (Å²) in [5, 5.41) is 0. The Balaban J connectivity index is 3.80. The molecule has 0 spiro atoms. The van der Waals surface area contributed by atoms with E-state index in [4.69, 9.17) is 11.5 Å². The van der Waals surface area contributed by atoms with Crippen molar-refractivity contribution in [1.29, 1.82) is 0 Å². The molecule has 4 N–H and O–H groups in total. The van der Waals surface area contributed by atoms with Crippen LogP contribution in [0.15, 0.2) is 0 Å². The molecule has 0 aliphatic carbocycles. The van der Waals surface area contributed by atoms with Crippen LogP contribution in [-0.4, -0.2) is 11.8 Å². The number of rotatable bonds is 2. The highest BCUT2D eigenvalue weighted by Crippen LogP contribution is 2.30. The number of benzene rings is 1. The van der Waals surface area contributed by atoms with Crippen LogP contribution in [0.1, 0.15) is 26.3 Å². The van der Waals surface area contributed by atoms with Crippen molar-refractivity contribution in [2.75, 3.05) is 0 Å². The molecule has 0 unspecified atom stereocenters. The van der Waals surface area contributed by atoms with Gasteiger partial charge in [-0.15, -0.1) is 0 Å². The molecule has 0 aromatic heterocycles. The van der Waals surface area contributed by atoms with E-state index in [0.717, 1.165) is 12.7 Å². The van der Waals surface area contributed by atoms with Gasteiger partial charge in [0.25, 0.3) is 11.8 Å². The fourth-order valence-corrected chi connectivity index (χ4v) is 5.45. The number of hydrogen-bond donors (Lipinski definition) is 2. The molecular weight excluding hydrogens is 549 g/mol. The third-order valence-electron chi connectivity index (χ3n) is 2.03. The molecule has 0 bridgehead atoms. The Labute approximate surface area is 133 Å². The lowest BCUT2D eigenvalue weighted by atomic mass is 10.1. The Bertz CT molecular complexity index is 459. The van der Waals surface area contributed by atoms with Gasteiger partial charge in [-0.2, -0.15) is 0 Å². The number of amides is 2. The van der Waals surface area contributed by atoms with E-state index in [1.165, 1.54) is 0 Å². The molecule has 1 rings (SSSR count). The maximum absolute atomic E-state index is 11.3. The van der Waals surface area contributed by atoms with Crippen molar-refractivity contribution < 1.29 is 9.59 Å². The van der Waals surface area contributed by atoms with E-state index in [9.17, 15) is 9.59 Å². The number of primary amides is 2. The van der Waals surface area contributed by atoms with Crippen LogP contribution in [-0.2, 0) is 0 Å². The number of carbonyl (C=O) groups excluding carboxylic acids is 2. The maximum atomic E-state index is 11.3. The predicted molar refractivity (Wildman–Crippen MR) is 86.4 cm³/mol. The van der Waals surface area contributed by atoms with Crippen LogP contribution < -0.4 is 11.5 Å². The second kappa shape index (κ2) is 5.33. The molecule has 0 fully saturated rings. The third-order valence-corrected chi connectivity index (χ3v) is 5.80. The predicted octanol–water partition coefficient (Wildman–Crippen LogP) is 2.01. The van der Waals surface area contributed by atoms with Crippen molar-refractivity contribution in [3.05, 3.63) is 27.4 Å². The molecule has 2 amide bonds. The van der Waals surface area contributed by atoms with Gasteiger partial charge in [-0.3, -0.25) is 9.59 Å². The molecule has 0 saturated carbocycles. The maximum Gasteiger partial charge on any atom is 0.250 e.